The molecule has 24 heavy (non-hydrogen) atoms. The van der Waals surface area contributed by atoms with E-state index in [4.69, 9.17) is 52.3 Å². The number of carbonyl (C=O) groups excluding carboxylic acids is 3. The summed E-state index contributed by atoms with van der Waals surface area (Å²) in [6.07, 6.45) is -4.58. The third kappa shape index (κ3) is 6.14. The van der Waals surface area contributed by atoms with Gasteiger partial charge in [-0.05, 0) is 0 Å². The zero-order valence-corrected chi connectivity index (χ0v) is 14.6. The summed E-state index contributed by atoms with van der Waals surface area (Å²) in [6, 6.07) is 0. The van der Waals surface area contributed by atoms with Gasteiger partial charge in [0.2, 0.25) is 18.3 Å². The maximum Gasteiger partial charge on any atom is 0.303 e. The molecule has 1 heterocycles. The van der Waals surface area contributed by atoms with E-state index in [1.54, 1.807) is 0 Å². The second-order valence-electron chi connectivity index (χ2n) is 4.78. The summed E-state index contributed by atoms with van der Waals surface area (Å²) in [5.41, 5.74) is 0. The van der Waals surface area contributed by atoms with Crippen LogP contribution in [0.15, 0.2) is 0 Å². The number of alkyl halides is 2. The number of hydrogen-bond donors (Lipinski definition) is 1. The van der Waals surface area contributed by atoms with Crippen LogP contribution < -0.4 is 0 Å². The number of rotatable bonds is 6. The molecule has 0 saturated carbocycles. The highest BCUT2D eigenvalue weighted by molar-refractivity contribution is 6.53. The summed E-state index contributed by atoms with van der Waals surface area (Å²) in [7, 11) is 0. The van der Waals surface area contributed by atoms with Crippen molar-refractivity contribution in [2.24, 2.45) is 0 Å². The molecule has 0 bridgehead atoms. The fourth-order valence-corrected chi connectivity index (χ4v) is 2.05. The van der Waals surface area contributed by atoms with Gasteiger partial charge in [0.15, 0.2) is 10.9 Å². The second-order valence-corrected chi connectivity index (χ2v) is 5.87. The van der Waals surface area contributed by atoms with Crippen LogP contribution in [0.2, 0.25) is 0 Å². The number of carbonyl (C=O) groups is 3. The minimum atomic E-state index is -1.31. The van der Waals surface area contributed by atoms with Gasteiger partial charge in [-0.15, -0.1) is 0 Å². The Bertz CT molecular complexity index is 512. The molecule has 1 fully saturated rings. The summed E-state index contributed by atoms with van der Waals surface area (Å²) in [6.45, 7) is 3.20. The minimum Gasteiger partial charge on any atom is -0.463 e. The normalized spacial score (nSPS) is 25.9. The van der Waals surface area contributed by atoms with E-state index in [1.165, 1.54) is 6.92 Å². The van der Waals surface area contributed by atoms with Crippen molar-refractivity contribution in [1.29, 1.82) is 5.41 Å². The van der Waals surface area contributed by atoms with Crippen LogP contribution in [-0.2, 0) is 38.1 Å². The molecule has 1 aliphatic heterocycles. The zero-order chi connectivity index (χ0) is 18.4. The fraction of sp³-hybridized carbons (Fsp3) is 0.692. The molecule has 1 aliphatic rings. The third-order valence-corrected chi connectivity index (χ3v) is 3.16. The van der Waals surface area contributed by atoms with E-state index in [2.05, 4.69) is 0 Å². The quantitative estimate of drug-likeness (QED) is 0.235. The lowest BCUT2D eigenvalue weighted by molar-refractivity contribution is -0.172. The molecule has 136 valence electrons. The van der Waals surface area contributed by atoms with Crippen LogP contribution in [-0.4, -0.2) is 59.9 Å². The first-order valence-corrected chi connectivity index (χ1v) is 7.65. The van der Waals surface area contributed by atoms with Crippen LogP contribution in [0.25, 0.3) is 0 Å². The number of hydrogen-bond acceptors (Lipinski definition) is 9. The van der Waals surface area contributed by atoms with Gasteiger partial charge in [0.05, 0.1) is 0 Å². The van der Waals surface area contributed by atoms with Crippen LogP contribution in [0.4, 0.5) is 0 Å². The zero-order valence-electron chi connectivity index (χ0n) is 13.1. The second kappa shape index (κ2) is 9.05. The van der Waals surface area contributed by atoms with Gasteiger partial charge in [-0.3, -0.25) is 19.8 Å². The number of halogens is 2. The van der Waals surface area contributed by atoms with Gasteiger partial charge in [0.25, 0.3) is 0 Å². The Kier molecular flexibility index (Phi) is 7.71. The van der Waals surface area contributed by atoms with Gasteiger partial charge in [-0.25, -0.2) is 0 Å². The van der Waals surface area contributed by atoms with E-state index < -0.39 is 53.2 Å². The highest BCUT2D eigenvalue weighted by Crippen LogP contribution is 2.29. The van der Waals surface area contributed by atoms with Crippen molar-refractivity contribution in [2.45, 2.75) is 50.2 Å². The monoisotopic (exact) mass is 385 g/mol. The molecule has 0 spiro atoms. The maximum absolute atomic E-state index is 11.3. The highest BCUT2D eigenvalue weighted by atomic mass is 35.5. The first-order chi connectivity index (χ1) is 11.1. The van der Waals surface area contributed by atoms with Crippen LogP contribution in [0.1, 0.15) is 20.8 Å². The SMILES string of the molecule is CC(=O)OC[C@H]1O[C@@H](OC(=N)C(Cl)Cl)C(OC(C)=O)[C@H]1OC(C)=O. The van der Waals surface area contributed by atoms with Crippen molar-refractivity contribution >= 4 is 47.0 Å². The standard InChI is InChI=1S/C13H17Cl2NO8/c1-5(17)20-4-8-9(21-6(2)18)10(22-7(3)19)13(23-8)24-12(16)11(14)15/h8-11,13,16H,4H2,1-3H3/t8-,9+,10?,13+/m1/s1. The molecule has 0 aromatic rings. The summed E-state index contributed by atoms with van der Waals surface area (Å²) < 4.78 is 25.6. The van der Waals surface area contributed by atoms with Crippen molar-refractivity contribution < 1.29 is 38.1 Å². The average Bonchev–Trinajstić information content (AvgIpc) is 2.73. The van der Waals surface area contributed by atoms with Crippen molar-refractivity contribution in [2.75, 3.05) is 6.61 Å². The molecule has 1 N–H and O–H groups in total. The van der Waals surface area contributed by atoms with Crippen LogP contribution in [0.3, 0.4) is 0 Å². The molecule has 0 radical (unpaired) electrons. The first-order valence-electron chi connectivity index (χ1n) is 6.78. The summed E-state index contributed by atoms with van der Waals surface area (Å²) in [5, 5.41) is 7.52. The molecule has 11 heteroatoms. The molecule has 0 aromatic carbocycles. The van der Waals surface area contributed by atoms with Crippen LogP contribution in [0, 0.1) is 5.41 Å². The summed E-state index contributed by atoms with van der Waals surface area (Å²) in [4.78, 5) is 32.3. The molecule has 1 unspecified atom stereocenters. The molecule has 0 aliphatic carbocycles. The van der Waals surface area contributed by atoms with Crippen LogP contribution >= 0.6 is 23.2 Å². The Hall–Kier alpha value is -1.58. The molecular formula is C13H17Cl2NO8. The average molecular weight is 386 g/mol. The summed E-state index contributed by atoms with van der Waals surface area (Å²) >= 11 is 11.0. The predicted molar refractivity (Wildman–Crippen MR) is 80.7 cm³/mol. The largest absolute Gasteiger partial charge is 0.463 e. The lowest BCUT2D eigenvalue weighted by Crippen LogP contribution is -2.42. The number of nitrogens with one attached hydrogen (secondary N) is 1. The van der Waals surface area contributed by atoms with E-state index in [0.29, 0.717) is 0 Å². The predicted octanol–water partition coefficient (Wildman–Crippen LogP) is 0.935. The number of ether oxygens (including phenoxy) is 5. The van der Waals surface area contributed by atoms with Gasteiger partial charge in [0.1, 0.15) is 12.7 Å². The molecule has 0 amide bonds. The minimum absolute atomic E-state index is 0.274. The number of esters is 3. The van der Waals surface area contributed by atoms with E-state index in [1.807, 2.05) is 0 Å². The Morgan fingerprint density at radius 2 is 1.54 bits per heavy atom. The van der Waals surface area contributed by atoms with E-state index in [0.717, 1.165) is 13.8 Å². The summed E-state index contributed by atoms with van der Waals surface area (Å²) in [5.74, 6) is -2.49. The Morgan fingerprint density at radius 1 is 1.00 bits per heavy atom. The Balaban J connectivity index is 2.98. The van der Waals surface area contributed by atoms with E-state index >= 15 is 0 Å². The molecule has 1 rings (SSSR count). The molecule has 0 aromatic heterocycles. The van der Waals surface area contributed by atoms with Crippen molar-refractivity contribution in [1.82, 2.24) is 0 Å². The van der Waals surface area contributed by atoms with E-state index in [9.17, 15) is 14.4 Å². The molecule has 9 nitrogen and oxygen atoms in total. The van der Waals surface area contributed by atoms with Crippen molar-refractivity contribution in [3.63, 3.8) is 0 Å². The smallest absolute Gasteiger partial charge is 0.303 e. The fourth-order valence-electron chi connectivity index (χ4n) is 1.95. The van der Waals surface area contributed by atoms with Crippen molar-refractivity contribution in [3.8, 4) is 0 Å². The maximum atomic E-state index is 11.3. The van der Waals surface area contributed by atoms with Gasteiger partial charge < -0.3 is 23.7 Å². The van der Waals surface area contributed by atoms with Crippen LogP contribution in [0.5, 0.6) is 0 Å². The van der Waals surface area contributed by atoms with Gasteiger partial charge in [0, 0.05) is 20.8 Å². The lowest BCUT2D eigenvalue weighted by atomic mass is 10.1. The molecule has 1 saturated heterocycles. The Morgan fingerprint density at radius 3 is 2.00 bits per heavy atom. The van der Waals surface area contributed by atoms with Gasteiger partial charge in [-0.1, -0.05) is 23.2 Å². The van der Waals surface area contributed by atoms with Gasteiger partial charge >= 0.3 is 17.9 Å². The lowest BCUT2D eigenvalue weighted by Gasteiger charge is -2.23. The first kappa shape index (κ1) is 20.5. The third-order valence-electron chi connectivity index (χ3n) is 2.76. The van der Waals surface area contributed by atoms with Crippen molar-refractivity contribution in [3.05, 3.63) is 0 Å². The topological polar surface area (TPSA) is 121 Å². The highest BCUT2D eigenvalue weighted by Gasteiger charge is 2.51. The Labute approximate surface area is 147 Å². The molecular weight excluding hydrogens is 369 g/mol. The van der Waals surface area contributed by atoms with E-state index in [-0.39, 0.29) is 6.61 Å². The molecule has 4 atom stereocenters. The van der Waals surface area contributed by atoms with Gasteiger partial charge in [-0.2, -0.15) is 0 Å².